The summed E-state index contributed by atoms with van der Waals surface area (Å²) in [5.41, 5.74) is 0.998. The minimum Gasteiger partial charge on any atom is -0.298 e. The Morgan fingerprint density at radius 1 is 1.22 bits per heavy atom. The van der Waals surface area contributed by atoms with Crippen LogP contribution >= 0.6 is 23.1 Å². The number of hydrogen-bond donors (Lipinski definition) is 0. The van der Waals surface area contributed by atoms with Crippen LogP contribution in [0.25, 0.3) is 11.4 Å². The molecule has 2 heterocycles. The van der Waals surface area contributed by atoms with Gasteiger partial charge in [0.05, 0.1) is 10.6 Å². The lowest BCUT2D eigenvalue weighted by Gasteiger charge is -2.07. The number of benzene rings is 1. The van der Waals surface area contributed by atoms with E-state index in [0.29, 0.717) is 12.3 Å². The second-order valence-corrected chi connectivity index (χ2v) is 6.65. The van der Waals surface area contributed by atoms with Crippen LogP contribution in [0.15, 0.2) is 65.7 Å². The summed E-state index contributed by atoms with van der Waals surface area (Å²) in [6.45, 7) is 4.40. The van der Waals surface area contributed by atoms with Crippen LogP contribution in [0.2, 0.25) is 0 Å². The molecule has 3 rings (SSSR count). The molecule has 0 aliphatic carbocycles. The molecule has 0 bridgehead atoms. The van der Waals surface area contributed by atoms with E-state index < -0.39 is 0 Å². The average molecular weight is 341 g/mol. The van der Waals surface area contributed by atoms with Crippen molar-refractivity contribution in [2.75, 3.05) is 5.75 Å². The predicted octanol–water partition coefficient (Wildman–Crippen LogP) is 4.17. The van der Waals surface area contributed by atoms with E-state index in [1.54, 1.807) is 6.08 Å². The molecule has 0 atom stereocenters. The van der Waals surface area contributed by atoms with Crippen molar-refractivity contribution >= 4 is 28.9 Å². The first-order valence-corrected chi connectivity index (χ1v) is 8.95. The Kier molecular flexibility index (Phi) is 5.05. The summed E-state index contributed by atoms with van der Waals surface area (Å²) in [6, 6.07) is 13.6. The molecule has 1 aromatic carbocycles. The van der Waals surface area contributed by atoms with Gasteiger partial charge in [-0.05, 0) is 11.4 Å². The number of carbonyl (C=O) groups is 1. The number of allylic oxidation sites excluding steroid dienone is 1. The summed E-state index contributed by atoms with van der Waals surface area (Å²) < 4.78 is 1.98. The minimum absolute atomic E-state index is 0.111. The Hall–Kier alpha value is -2.18. The maximum Gasteiger partial charge on any atom is 0.192 e. The van der Waals surface area contributed by atoms with Crippen molar-refractivity contribution in [2.45, 2.75) is 11.7 Å². The van der Waals surface area contributed by atoms with Crippen LogP contribution in [0.3, 0.4) is 0 Å². The van der Waals surface area contributed by atoms with E-state index in [2.05, 4.69) is 16.8 Å². The molecule has 23 heavy (non-hydrogen) atoms. The van der Waals surface area contributed by atoms with Crippen molar-refractivity contribution < 1.29 is 4.79 Å². The first kappa shape index (κ1) is 15.7. The van der Waals surface area contributed by atoms with Crippen LogP contribution in [-0.4, -0.2) is 26.3 Å². The molecule has 0 amide bonds. The zero-order valence-electron chi connectivity index (χ0n) is 12.4. The van der Waals surface area contributed by atoms with Gasteiger partial charge in [0, 0.05) is 12.1 Å². The van der Waals surface area contributed by atoms with Crippen molar-refractivity contribution in [3.63, 3.8) is 0 Å². The maximum atomic E-state index is 12.1. The van der Waals surface area contributed by atoms with Crippen LogP contribution < -0.4 is 0 Å². The topological polar surface area (TPSA) is 47.8 Å². The highest BCUT2D eigenvalue weighted by Gasteiger charge is 2.15. The molecular formula is C17H15N3OS2. The Morgan fingerprint density at radius 2 is 2.04 bits per heavy atom. The zero-order chi connectivity index (χ0) is 16.1. The first-order chi connectivity index (χ1) is 11.3. The lowest BCUT2D eigenvalue weighted by molar-refractivity contribution is 0.102. The SMILES string of the molecule is C=CCn1c(SCC(=O)c2cccs2)nnc1-c1ccccc1. The number of nitrogens with zero attached hydrogens (tertiary/aromatic N) is 3. The van der Waals surface area contributed by atoms with Crippen molar-refractivity contribution in [3.8, 4) is 11.4 Å². The fourth-order valence-electron chi connectivity index (χ4n) is 2.13. The summed E-state index contributed by atoms with van der Waals surface area (Å²) in [6.07, 6.45) is 1.81. The molecule has 2 aromatic heterocycles. The highest BCUT2D eigenvalue weighted by atomic mass is 32.2. The minimum atomic E-state index is 0.111. The molecule has 0 fully saturated rings. The molecule has 0 radical (unpaired) electrons. The van der Waals surface area contributed by atoms with Gasteiger partial charge in [0.1, 0.15) is 0 Å². The van der Waals surface area contributed by atoms with E-state index in [-0.39, 0.29) is 5.78 Å². The number of rotatable bonds is 7. The zero-order valence-corrected chi connectivity index (χ0v) is 14.0. The standard InChI is InChI=1S/C17H15N3OS2/c1-2-10-20-16(13-7-4-3-5-8-13)18-19-17(20)23-12-14(21)15-9-6-11-22-15/h2-9,11H,1,10,12H2. The van der Waals surface area contributed by atoms with Crippen molar-refractivity contribution in [3.05, 3.63) is 65.4 Å². The third-order valence-electron chi connectivity index (χ3n) is 3.19. The Labute approximate surface area is 142 Å². The summed E-state index contributed by atoms with van der Waals surface area (Å²) in [5.74, 6) is 1.25. The van der Waals surface area contributed by atoms with Crippen LogP contribution in [0.1, 0.15) is 9.67 Å². The highest BCUT2D eigenvalue weighted by molar-refractivity contribution is 7.99. The van der Waals surface area contributed by atoms with Gasteiger partial charge in [-0.15, -0.1) is 28.1 Å². The van der Waals surface area contributed by atoms with Gasteiger partial charge in [-0.1, -0.05) is 54.2 Å². The van der Waals surface area contributed by atoms with Crippen LogP contribution in [-0.2, 0) is 6.54 Å². The van der Waals surface area contributed by atoms with Gasteiger partial charge in [0.2, 0.25) is 0 Å². The maximum absolute atomic E-state index is 12.1. The molecular weight excluding hydrogens is 326 g/mol. The number of ketones is 1. The molecule has 0 N–H and O–H groups in total. The fraction of sp³-hybridized carbons (Fsp3) is 0.118. The van der Waals surface area contributed by atoms with E-state index in [1.165, 1.54) is 23.1 Å². The number of Topliss-reactive ketones (excluding diaryl/α,β-unsaturated/α-hetero) is 1. The van der Waals surface area contributed by atoms with Crippen LogP contribution in [0, 0.1) is 0 Å². The molecule has 0 saturated heterocycles. The molecule has 4 nitrogen and oxygen atoms in total. The lowest BCUT2D eigenvalue weighted by atomic mass is 10.2. The molecule has 0 aliphatic heterocycles. The van der Waals surface area contributed by atoms with Gasteiger partial charge in [0.15, 0.2) is 16.8 Å². The van der Waals surface area contributed by atoms with Gasteiger partial charge in [0.25, 0.3) is 0 Å². The molecule has 116 valence electrons. The summed E-state index contributed by atoms with van der Waals surface area (Å²) in [5, 5.41) is 11.2. The van der Waals surface area contributed by atoms with E-state index in [4.69, 9.17) is 0 Å². The monoisotopic (exact) mass is 341 g/mol. The van der Waals surface area contributed by atoms with Crippen LogP contribution in [0.4, 0.5) is 0 Å². The second kappa shape index (κ2) is 7.39. The Balaban J connectivity index is 1.81. The van der Waals surface area contributed by atoms with Gasteiger partial charge < -0.3 is 0 Å². The largest absolute Gasteiger partial charge is 0.298 e. The first-order valence-electron chi connectivity index (χ1n) is 7.08. The number of hydrogen-bond acceptors (Lipinski definition) is 5. The Morgan fingerprint density at radius 3 is 2.74 bits per heavy atom. The third-order valence-corrected chi connectivity index (χ3v) is 5.07. The van der Waals surface area contributed by atoms with Gasteiger partial charge >= 0.3 is 0 Å². The smallest absolute Gasteiger partial charge is 0.192 e. The van der Waals surface area contributed by atoms with Crippen molar-refractivity contribution in [1.29, 1.82) is 0 Å². The number of carbonyl (C=O) groups excluding carboxylic acids is 1. The average Bonchev–Trinajstić information content (AvgIpc) is 3.24. The van der Waals surface area contributed by atoms with E-state index >= 15 is 0 Å². The molecule has 0 aliphatic rings. The van der Waals surface area contributed by atoms with Gasteiger partial charge in [-0.25, -0.2) is 0 Å². The molecule has 0 saturated carbocycles. The quantitative estimate of drug-likeness (QED) is 0.368. The molecule has 3 aromatic rings. The lowest BCUT2D eigenvalue weighted by Crippen LogP contribution is -2.04. The van der Waals surface area contributed by atoms with Crippen molar-refractivity contribution in [2.24, 2.45) is 0 Å². The number of aromatic nitrogens is 3. The second-order valence-electron chi connectivity index (χ2n) is 4.76. The van der Waals surface area contributed by atoms with E-state index in [0.717, 1.165) is 21.4 Å². The molecule has 6 heteroatoms. The summed E-state index contributed by atoms with van der Waals surface area (Å²) in [4.78, 5) is 12.9. The van der Waals surface area contributed by atoms with Gasteiger partial charge in [-0.2, -0.15) is 0 Å². The third kappa shape index (κ3) is 3.60. The normalized spacial score (nSPS) is 10.6. The molecule has 0 unspecified atom stereocenters. The number of thiophene rings is 1. The Bertz CT molecular complexity index is 795. The van der Waals surface area contributed by atoms with E-state index in [9.17, 15) is 4.79 Å². The summed E-state index contributed by atoms with van der Waals surface area (Å²) >= 11 is 2.87. The van der Waals surface area contributed by atoms with Gasteiger partial charge in [-0.3, -0.25) is 9.36 Å². The van der Waals surface area contributed by atoms with Crippen LogP contribution in [0.5, 0.6) is 0 Å². The predicted molar refractivity (Wildman–Crippen MR) is 95.0 cm³/mol. The fourth-order valence-corrected chi connectivity index (χ4v) is 3.72. The van der Waals surface area contributed by atoms with E-state index in [1.807, 2.05) is 52.4 Å². The molecule has 0 spiro atoms. The van der Waals surface area contributed by atoms with Crippen molar-refractivity contribution in [1.82, 2.24) is 14.8 Å². The highest BCUT2D eigenvalue weighted by Crippen LogP contribution is 2.25. The number of thioether (sulfide) groups is 1. The summed E-state index contributed by atoms with van der Waals surface area (Å²) in [7, 11) is 0.